The van der Waals surface area contributed by atoms with Crippen molar-refractivity contribution in [3.63, 3.8) is 0 Å². The van der Waals surface area contributed by atoms with Gasteiger partial charge in [-0.25, -0.2) is 0 Å². The Hall–Kier alpha value is -5.60. The molecule has 0 aromatic heterocycles. The number of aliphatic hydroxyl groups is 4. The summed E-state index contributed by atoms with van der Waals surface area (Å²) in [7, 11) is 6.52. The van der Waals surface area contributed by atoms with Gasteiger partial charge in [-0.15, -0.1) is 0 Å². The lowest BCUT2D eigenvalue weighted by Gasteiger charge is -2.49. The van der Waals surface area contributed by atoms with Crippen LogP contribution in [0.1, 0.15) is 195 Å². The number of allylic oxidation sites excluding steroid dienone is 4. The summed E-state index contributed by atoms with van der Waals surface area (Å²) in [6.07, 6.45) is 18.9. The lowest BCUT2D eigenvalue weighted by atomic mass is 9.71. The van der Waals surface area contributed by atoms with E-state index < -0.39 is 193 Å². The molecule has 39 atom stereocenters. The molecule has 8 saturated heterocycles. The maximum Gasteiger partial charge on any atom is 0.316 e. The Morgan fingerprint density at radius 3 is 1.27 bits per heavy atom. The molecule has 2 aliphatic carbocycles. The van der Waals surface area contributed by atoms with E-state index in [-0.39, 0.29) is 86.0 Å². The van der Waals surface area contributed by atoms with E-state index in [9.17, 15) is 39.6 Å². The maximum atomic E-state index is 14.4. The van der Waals surface area contributed by atoms with E-state index in [0.29, 0.717) is 86.5 Å². The lowest BCUT2D eigenvalue weighted by molar-refractivity contribution is -0.317. The zero-order valence-corrected chi connectivity index (χ0v) is 79.6. The number of carbonyl (C=O) groups is 4. The number of rotatable bonds is 19. The summed E-state index contributed by atoms with van der Waals surface area (Å²) in [6, 6.07) is 0. The molecule has 0 aromatic carbocycles. The zero-order valence-electron chi connectivity index (χ0n) is 79.6. The van der Waals surface area contributed by atoms with Crippen molar-refractivity contribution in [3.8, 4) is 0 Å². The van der Waals surface area contributed by atoms with Gasteiger partial charge in [-0.2, -0.15) is 0 Å². The Balaban J connectivity index is 0.000000220. The molecule has 30 heteroatoms. The number of hydrogen-bond donors (Lipinski definition) is 6. The van der Waals surface area contributed by atoms with Crippen LogP contribution >= 0.6 is 0 Å². The van der Waals surface area contributed by atoms with Crippen LogP contribution in [0.3, 0.4) is 0 Å². The Morgan fingerprint density at radius 1 is 0.496 bits per heavy atom. The van der Waals surface area contributed by atoms with Gasteiger partial charge in [-0.3, -0.25) is 19.2 Å². The van der Waals surface area contributed by atoms with E-state index in [1.54, 1.807) is 66.6 Å². The van der Waals surface area contributed by atoms with Crippen molar-refractivity contribution in [1.82, 2.24) is 10.6 Å². The van der Waals surface area contributed by atoms with Gasteiger partial charge in [0.2, 0.25) is 12.8 Å². The number of ether oxygens (including phenoxy) is 20. The summed E-state index contributed by atoms with van der Waals surface area (Å²) in [5.41, 5.74) is -1.25. The van der Waals surface area contributed by atoms with Crippen LogP contribution in [0.15, 0.2) is 119 Å². The first-order valence-corrected chi connectivity index (χ1v) is 47.0. The van der Waals surface area contributed by atoms with Gasteiger partial charge in [0.05, 0.1) is 110 Å². The van der Waals surface area contributed by atoms with Gasteiger partial charge < -0.3 is 126 Å². The number of aliphatic hydroxyl groups excluding tert-OH is 2. The van der Waals surface area contributed by atoms with E-state index in [1.165, 1.54) is 0 Å². The van der Waals surface area contributed by atoms with Crippen LogP contribution in [0.5, 0.6) is 0 Å². The van der Waals surface area contributed by atoms with Crippen molar-refractivity contribution in [1.29, 1.82) is 0 Å². The Labute approximate surface area is 762 Å². The van der Waals surface area contributed by atoms with Crippen LogP contribution in [0, 0.1) is 47.3 Å². The largest absolute Gasteiger partial charge is 0.462 e. The van der Waals surface area contributed by atoms with Crippen molar-refractivity contribution < 1.29 is 134 Å². The van der Waals surface area contributed by atoms with Crippen molar-refractivity contribution in [2.75, 3.05) is 41.7 Å². The van der Waals surface area contributed by atoms with Crippen LogP contribution in [0.4, 0.5) is 0 Å². The van der Waals surface area contributed by atoms with Gasteiger partial charge in [-0.05, 0) is 140 Å². The molecule has 1 unspecified atom stereocenters. The summed E-state index contributed by atoms with van der Waals surface area (Å²) in [5.74, 6) is -5.26. The molecule has 4 bridgehead atoms. The topological polar surface area (TPSA) is 358 Å². The predicted octanol–water partition coefficient (Wildman–Crippen LogP) is 10.7. The standard InChI is InChI=1S/C50H75NO14.C49H73NO14/c1-12-27(2)44-30(5)18-19-49(65-44)24-36-21-35(64-49)17-16-29(4)43(28(3)14-13-15-34-25-58-46-42(53)31(6)20-37(47(54)61-36)50(34,46)55)62-40-22-38(56-10)45(32(7)59-40)63-41-23-39(57-11)48(9,51-26-52)33(8)60-41;1-26(2)42-29(5)17-18-48(64-42)23-35-20-34(63-48)16-15-28(4)43(27(3)13-12-14-33-24-57-45-41(52)30(6)19-36(46(53)60-35)49(33,45)54)61-39-21-37(55-10)44(31(7)58-39)62-40-22-38(56-11)47(9,50-25-51)32(8)59-40/h13-16,18-20,26-28,30,32-33,35-46,53,55H,12,17,21-25H2,1-11H3,(H,51,52);12-15,17-19,25-27,29,31-32,34-45,52,54H,16,20-24H2,1-11H3,(H,50,51)/b14-13+,29-16+,34-15+;13-12+,28-15+,33-14+/t27-,28-,30-,32-,33-,35+,36-,37-,38-,39-,40-,41-,42+,43-,44+,45-,46+,48-,49+,50+;27-,29-,31-,32-,34+,35-,36-,37-,38-,39-,40-,41+,42+,43-,44-,45+,47?,48+,49+/m00/s1. The number of nitrogens with one attached hydrogen (secondary N) is 2. The first kappa shape index (κ1) is 101. The fourth-order valence-electron chi connectivity index (χ4n) is 22.1. The molecule has 2 amide bonds. The summed E-state index contributed by atoms with van der Waals surface area (Å²) in [6.45, 7) is 36.0. The number of hydrogen-bond acceptors (Lipinski definition) is 28. The summed E-state index contributed by atoms with van der Waals surface area (Å²) in [4.78, 5) is 51.6. The monoisotopic (exact) mass is 1810 g/mol. The van der Waals surface area contributed by atoms with Gasteiger partial charge in [0.1, 0.15) is 71.9 Å². The minimum absolute atomic E-state index is 0.0257. The Morgan fingerprint density at radius 2 is 0.891 bits per heavy atom. The van der Waals surface area contributed by atoms with E-state index in [4.69, 9.17) is 94.7 Å². The van der Waals surface area contributed by atoms with Crippen molar-refractivity contribution in [3.05, 3.63) is 119 Å². The summed E-state index contributed by atoms with van der Waals surface area (Å²) in [5, 5.41) is 53.3. The molecule has 12 aliphatic heterocycles. The molecular formula is C99H148N2O28. The van der Waals surface area contributed by atoms with Crippen molar-refractivity contribution in [2.24, 2.45) is 47.3 Å². The van der Waals surface area contributed by atoms with Crippen LogP contribution in [-0.4, -0.2) is 280 Å². The lowest BCUT2D eigenvalue weighted by Crippen LogP contribution is -2.65. The fourth-order valence-corrected chi connectivity index (χ4v) is 22.1. The summed E-state index contributed by atoms with van der Waals surface area (Å²) >= 11 is 0. The fraction of sp³-hybridized carbons (Fsp3) is 0.758. The first-order chi connectivity index (χ1) is 61.2. The molecule has 30 nitrogen and oxygen atoms in total. The highest BCUT2D eigenvalue weighted by Crippen LogP contribution is 2.51. The number of carbonyl (C=O) groups excluding carboxylic acids is 4. The second-order valence-corrected chi connectivity index (χ2v) is 39.7. The molecule has 129 heavy (non-hydrogen) atoms. The Kier molecular flexibility index (Phi) is 32.8. The molecule has 722 valence electrons. The highest BCUT2D eigenvalue weighted by molar-refractivity contribution is 5.79. The van der Waals surface area contributed by atoms with E-state index in [2.05, 4.69) is 90.3 Å². The molecule has 0 saturated carbocycles. The zero-order chi connectivity index (χ0) is 93.3. The van der Waals surface area contributed by atoms with Crippen LogP contribution in [-0.2, 0) is 114 Å². The SMILES string of the molecule is CC[C@H](C)[C@H]1O[C@]2(C=C[C@@H]1C)C[C@@H]1C[C@@H](C/C=C(\C)[C@@H](O[C@H]3C[C@H](OC)[C@@H](O[C@H]4C[C@H](OC)[C@@](C)(NC=O)[C@H](C)O4)[C@H](C)O3)[C@@H](C)/C=C/C=C3\CO[C@@H]4[C@H](O)C(C)=C[C@@H](C(=O)O1)[C@]34O)O2.CO[C@H]1C[C@H](O[C@@H]2/C(C)=C/C[C@@H]3C[C@@H](C[C@]4(C=C[C@H](C)[C@@H](C(C)C)O4)O3)OC(=O)[C@@H]3C=C(C)[C@@H](O)[C@H]4OC/C(=C\C=C\[C@@H]2C)[C@]43O)O[C@@H](C)[C@@H]1O[C@H]1C[C@H](OC)C(C)(NC=O)[C@H](C)O1. The quantitative estimate of drug-likeness (QED) is 0.0397. The number of methoxy groups -OCH3 is 4. The predicted molar refractivity (Wildman–Crippen MR) is 473 cm³/mol. The van der Waals surface area contributed by atoms with Gasteiger partial charge in [-0.1, -0.05) is 135 Å². The molecule has 8 fully saturated rings. The first-order valence-electron chi connectivity index (χ1n) is 47.0. The number of amides is 2. The molecule has 14 aliphatic rings. The highest BCUT2D eigenvalue weighted by atomic mass is 16.8. The maximum absolute atomic E-state index is 14.4. The third-order valence-electron chi connectivity index (χ3n) is 30.4. The van der Waals surface area contributed by atoms with E-state index in [1.807, 2.05) is 91.8 Å². The molecule has 12 heterocycles. The minimum Gasteiger partial charge on any atom is -0.462 e. The van der Waals surface area contributed by atoms with Crippen LogP contribution in [0.2, 0.25) is 0 Å². The third-order valence-corrected chi connectivity index (χ3v) is 30.4. The molecule has 0 radical (unpaired) electrons. The second-order valence-electron chi connectivity index (χ2n) is 39.7. The highest BCUT2D eigenvalue weighted by Gasteiger charge is 2.63. The van der Waals surface area contributed by atoms with Gasteiger partial charge in [0, 0.05) is 103 Å². The van der Waals surface area contributed by atoms with Crippen molar-refractivity contribution in [2.45, 2.75) is 389 Å². The second kappa shape index (κ2) is 41.9. The molecule has 14 rings (SSSR count). The third kappa shape index (κ3) is 21.0. The molecule has 0 aromatic rings. The van der Waals surface area contributed by atoms with E-state index in [0.717, 1.165) is 17.6 Å². The van der Waals surface area contributed by atoms with Crippen LogP contribution in [0.25, 0.3) is 0 Å². The van der Waals surface area contributed by atoms with Gasteiger partial charge in [0.15, 0.2) is 36.7 Å². The summed E-state index contributed by atoms with van der Waals surface area (Å²) < 4.78 is 129. The smallest absolute Gasteiger partial charge is 0.316 e. The molecule has 6 N–H and O–H groups in total. The molecular weight excluding hydrogens is 1670 g/mol. The normalized spacial score (nSPS) is 48.5. The van der Waals surface area contributed by atoms with Crippen molar-refractivity contribution >= 4 is 24.8 Å². The average Bonchev–Trinajstić information content (AvgIpc) is 1.60. The van der Waals surface area contributed by atoms with Gasteiger partial charge >= 0.3 is 11.9 Å². The molecule has 2 spiro atoms. The number of esters is 2. The van der Waals surface area contributed by atoms with Crippen LogP contribution < -0.4 is 10.6 Å². The van der Waals surface area contributed by atoms with E-state index >= 15 is 0 Å². The number of fused-ring (bicyclic) bond motifs is 4. The average molecular weight is 1810 g/mol. The Bertz CT molecular complexity index is 4200. The van der Waals surface area contributed by atoms with Gasteiger partial charge in [0.25, 0.3) is 0 Å². The minimum atomic E-state index is -1.84.